The van der Waals surface area contributed by atoms with Gasteiger partial charge in [0.1, 0.15) is 23.6 Å². The molecule has 34 heavy (non-hydrogen) atoms. The van der Waals surface area contributed by atoms with Crippen LogP contribution in [0.2, 0.25) is 0 Å². The number of benzene rings is 1. The molecular formula is C25H36N4O5. The van der Waals surface area contributed by atoms with Crippen LogP contribution in [0.25, 0.3) is 0 Å². The summed E-state index contributed by atoms with van der Waals surface area (Å²) in [6.07, 6.45) is 0.391. The Hall–Kier alpha value is -3.17. The highest BCUT2D eigenvalue weighted by atomic mass is 16.3. The van der Waals surface area contributed by atoms with E-state index in [1.54, 1.807) is 20.0 Å². The molecule has 0 bridgehead atoms. The summed E-state index contributed by atoms with van der Waals surface area (Å²) in [6, 6.07) is 8.41. The zero-order valence-corrected chi connectivity index (χ0v) is 20.5. The fraction of sp³-hybridized carbons (Fsp3) is 0.480. The van der Waals surface area contributed by atoms with Crippen molar-refractivity contribution in [2.75, 3.05) is 14.1 Å². The van der Waals surface area contributed by atoms with Crippen LogP contribution in [0.5, 0.6) is 0 Å². The van der Waals surface area contributed by atoms with Crippen LogP contribution in [0.1, 0.15) is 36.5 Å². The smallest absolute Gasteiger partial charge is 0.246 e. The highest BCUT2D eigenvalue weighted by molar-refractivity contribution is 5.92. The number of hydrogen-bond donors (Lipinski definition) is 3. The van der Waals surface area contributed by atoms with Gasteiger partial charge in [0.15, 0.2) is 0 Å². The topological polar surface area (TPSA) is 143 Å². The van der Waals surface area contributed by atoms with Crippen LogP contribution in [-0.2, 0) is 33.8 Å². The predicted octanol–water partition coefficient (Wildman–Crippen LogP) is 0.988. The molecule has 0 saturated carbocycles. The quantitative estimate of drug-likeness (QED) is 0.445. The van der Waals surface area contributed by atoms with Crippen molar-refractivity contribution in [2.45, 2.75) is 58.3 Å². The summed E-state index contributed by atoms with van der Waals surface area (Å²) in [5.74, 6) is -0.768. The third-order valence-electron chi connectivity index (χ3n) is 6.05. The van der Waals surface area contributed by atoms with E-state index in [0.717, 1.165) is 5.56 Å². The standard InChI is InChI=1S/C25H36N4O5/c1-15(2)22(29(5)24(32)20(26)11-17-9-7-6-8-10-17)25(33)28(4)21(23(27)31)13-19-12-18(14-30)16(3)34-19/h6-10,12,15,20-22,30H,11,13-14,26H2,1-5H3,(H2,27,31)/t20-,21?,22?/m0/s1. The average Bonchev–Trinajstić information content (AvgIpc) is 3.15. The Bertz CT molecular complexity index is 988. The summed E-state index contributed by atoms with van der Waals surface area (Å²) >= 11 is 0. The van der Waals surface area contributed by atoms with Crippen molar-refractivity contribution < 1.29 is 23.9 Å². The van der Waals surface area contributed by atoms with Crippen molar-refractivity contribution in [1.82, 2.24) is 9.80 Å². The maximum atomic E-state index is 13.5. The fourth-order valence-corrected chi connectivity index (χ4v) is 4.08. The number of carbonyl (C=O) groups excluding carboxylic acids is 3. The van der Waals surface area contributed by atoms with Crippen LogP contribution in [0.3, 0.4) is 0 Å². The number of nitrogens with two attached hydrogens (primary N) is 2. The van der Waals surface area contributed by atoms with E-state index in [9.17, 15) is 19.5 Å². The van der Waals surface area contributed by atoms with Crippen molar-refractivity contribution in [1.29, 1.82) is 0 Å². The molecule has 0 aliphatic heterocycles. The number of hydrogen-bond acceptors (Lipinski definition) is 6. The first-order valence-corrected chi connectivity index (χ1v) is 11.3. The van der Waals surface area contributed by atoms with Gasteiger partial charge in [0, 0.05) is 26.1 Å². The summed E-state index contributed by atoms with van der Waals surface area (Å²) in [5, 5.41) is 9.39. The van der Waals surface area contributed by atoms with E-state index in [1.165, 1.54) is 16.8 Å². The van der Waals surface area contributed by atoms with E-state index in [4.69, 9.17) is 15.9 Å². The molecule has 1 aromatic carbocycles. The Kier molecular flexibility index (Phi) is 9.40. The summed E-state index contributed by atoms with van der Waals surface area (Å²) in [7, 11) is 3.03. The van der Waals surface area contributed by atoms with Gasteiger partial charge < -0.3 is 30.8 Å². The minimum absolute atomic E-state index is 0.0500. The van der Waals surface area contributed by atoms with Gasteiger partial charge in [0.25, 0.3) is 0 Å². The van der Waals surface area contributed by atoms with Gasteiger partial charge in [-0.15, -0.1) is 0 Å². The highest BCUT2D eigenvalue weighted by Gasteiger charge is 2.37. The first-order chi connectivity index (χ1) is 16.0. The molecule has 1 aromatic heterocycles. The van der Waals surface area contributed by atoms with Crippen molar-refractivity contribution in [3.05, 3.63) is 59.0 Å². The molecule has 2 unspecified atom stereocenters. The monoisotopic (exact) mass is 472 g/mol. The second kappa shape index (κ2) is 11.8. The fourth-order valence-electron chi connectivity index (χ4n) is 4.08. The van der Waals surface area contributed by atoms with Gasteiger partial charge >= 0.3 is 0 Å². The molecule has 3 atom stereocenters. The van der Waals surface area contributed by atoms with E-state index in [-0.39, 0.29) is 24.9 Å². The normalized spacial score (nSPS) is 13.9. The van der Waals surface area contributed by atoms with Crippen LogP contribution in [0.4, 0.5) is 0 Å². The van der Waals surface area contributed by atoms with Crippen LogP contribution >= 0.6 is 0 Å². The number of rotatable bonds is 11. The highest BCUT2D eigenvalue weighted by Crippen LogP contribution is 2.20. The third-order valence-corrected chi connectivity index (χ3v) is 6.05. The Labute approximate surface area is 200 Å². The van der Waals surface area contributed by atoms with Crippen molar-refractivity contribution in [3.8, 4) is 0 Å². The van der Waals surface area contributed by atoms with Gasteiger partial charge in [-0.25, -0.2) is 0 Å². The summed E-state index contributed by atoms with van der Waals surface area (Å²) < 4.78 is 5.61. The molecule has 9 heteroatoms. The van der Waals surface area contributed by atoms with Gasteiger partial charge in [0.05, 0.1) is 12.6 Å². The molecule has 0 fully saturated rings. The average molecular weight is 473 g/mol. The maximum Gasteiger partial charge on any atom is 0.246 e. The molecule has 0 spiro atoms. The Balaban J connectivity index is 2.20. The van der Waals surface area contributed by atoms with Crippen molar-refractivity contribution >= 4 is 17.7 Å². The Morgan fingerprint density at radius 2 is 1.65 bits per heavy atom. The lowest BCUT2D eigenvalue weighted by molar-refractivity contribution is -0.149. The van der Waals surface area contributed by atoms with E-state index >= 15 is 0 Å². The Morgan fingerprint density at radius 1 is 1.03 bits per heavy atom. The molecule has 0 aliphatic rings. The number of likely N-dealkylation sites (N-methyl/N-ethyl adjacent to an activating group) is 2. The second-order valence-corrected chi connectivity index (χ2v) is 8.96. The zero-order chi connectivity index (χ0) is 25.6. The van der Waals surface area contributed by atoms with Crippen LogP contribution in [0.15, 0.2) is 40.8 Å². The lowest BCUT2D eigenvalue weighted by atomic mass is 9.98. The van der Waals surface area contributed by atoms with Gasteiger partial charge in [-0.2, -0.15) is 0 Å². The summed E-state index contributed by atoms with van der Waals surface area (Å²) in [6.45, 7) is 5.16. The minimum atomic E-state index is -0.993. The molecule has 2 aromatic rings. The second-order valence-electron chi connectivity index (χ2n) is 8.96. The largest absolute Gasteiger partial charge is 0.466 e. The molecule has 0 aliphatic carbocycles. The number of aryl methyl sites for hydroxylation is 1. The molecule has 5 N–H and O–H groups in total. The maximum absolute atomic E-state index is 13.5. The molecule has 186 valence electrons. The van der Waals surface area contributed by atoms with E-state index in [1.807, 2.05) is 44.2 Å². The minimum Gasteiger partial charge on any atom is -0.466 e. The number of aliphatic hydroxyl groups is 1. The van der Waals surface area contributed by atoms with E-state index < -0.39 is 29.9 Å². The molecule has 2 rings (SSSR count). The number of carbonyl (C=O) groups is 3. The Morgan fingerprint density at radius 3 is 2.15 bits per heavy atom. The lowest BCUT2D eigenvalue weighted by Gasteiger charge is -2.36. The zero-order valence-electron chi connectivity index (χ0n) is 20.5. The van der Waals surface area contributed by atoms with E-state index in [0.29, 0.717) is 23.5 Å². The third kappa shape index (κ3) is 6.45. The molecule has 9 nitrogen and oxygen atoms in total. The molecular weight excluding hydrogens is 436 g/mol. The van der Waals surface area contributed by atoms with Crippen LogP contribution in [0, 0.1) is 12.8 Å². The molecule has 3 amide bonds. The number of aliphatic hydroxyl groups excluding tert-OH is 1. The molecule has 0 radical (unpaired) electrons. The van der Waals surface area contributed by atoms with Crippen molar-refractivity contribution in [3.63, 3.8) is 0 Å². The number of amides is 3. The molecule has 0 saturated heterocycles. The number of primary amides is 1. The van der Waals surface area contributed by atoms with Gasteiger partial charge in [-0.1, -0.05) is 44.2 Å². The van der Waals surface area contributed by atoms with E-state index in [2.05, 4.69) is 0 Å². The first-order valence-electron chi connectivity index (χ1n) is 11.3. The van der Waals surface area contributed by atoms with Gasteiger partial charge in [0.2, 0.25) is 17.7 Å². The number of furan rings is 1. The van der Waals surface area contributed by atoms with Gasteiger partial charge in [-0.3, -0.25) is 14.4 Å². The van der Waals surface area contributed by atoms with Crippen molar-refractivity contribution in [2.24, 2.45) is 17.4 Å². The van der Waals surface area contributed by atoms with Crippen LogP contribution < -0.4 is 11.5 Å². The lowest BCUT2D eigenvalue weighted by Crippen LogP contribution is -2.58. The van der Waals surface area contributed by atoms with Gasteiger partial charge in [-0.05, 0) is 30.9 Å². The predicted molar refractivity (Wildman–Crippen MR) is 128 cm³/mol. The summed E-state index contributed by atoms with van der Waals surface area (Å²) in [5.41, 5.74) is 13.3. The number of nitrogens with zero attached hydrogens (tertiary/aromatic N) is 2. The SMILES string of the molecule is Cc1oc(CC(C(N)=O)N(C)C(=O)C(C(C)C)N(C)C(=O)[C@@H](N)Cc2ccccc2)cc1CO. The summed E-state index contributed by atoms with van der Waals surface area (Å²) in [4.78, 5) is 41.4. The van der Waals surface area contributed by atoms with Crippen LogP contribution in [-0.4, -0.2) is 64.8 Å². The molecule has 1 heterocycles. The first kappa shape index (κ1) is 27.1.